The summed E-state index contributed by atoms with van der Waals surface area (Å²) in [7, 11) is 1.31. The molecular weight excluding hydrogens is 192 g/mol. The minimum absolute atomic E-state index is 0.415. The van der Waals surface area contributed by atoms with Crippen LogP contribution in [0.1, 0.15) is 11.1 Å². The van der Waals surface area contributed by atoms with E-state index >= 15 is 0 Å². The average molecular weight is 204 g/mol. The maximum atomic E-state index is 11.0. The van der Waals surface area contributed by atoms with Crippen LogP contribution in [0.25, 0.3) is 0 Å². The standard InChI is InChI=1S/C11H12N2O2/c1-15-11(14)10(13)6-8-2-4-9(7-12)5-3-8/h2-5,10H,6,13H2,1H3/t10-/m0/s1. The molecule has 4 heteroatoms. The highest BCUT2D eigenvalue weighted by Crippen LogP contribution is 2.06. The Morgan fingerprint density at radius 3 is 2.60 bits per heavy atom. The number of carbonyl (C=O) groups excluding carboxylic acids is 1. The first kappa shape index (κ1) is 11.2. The number of rotatable bonds is 3. The van der Waals surface area contributed by atoms with Crippen LogP contribution in [-0.4, -0.2) is 19.1 Å². The third-order valence-electron chi connectivity index (χ3n) is 2.04. The first-order chi connectivity index (χ1) is 7.17. The van der Waals surface area contributed by atoms with Crippen LogP contribution in [0.2, 0.25) is 0 Å². The van der Waals surface area contributed by atoms with Gasteiger partial charge in [-0.15, -0.1) is 0 Å². The molecule has 0 aliphatic rings. The van der Waals surface area contributed by atoms with E-state index in [9.17, 15) is 4.79 Å². The number of carbonyl (C=O) groups is 1. The number of hydrogen-bond acceptors (Lipinski definition) is 4. The van der Waals surface area contributed by atoms with Crippen molar-refractivity contribution in [3.8, 4) is 6.07 Å². The summed E-state index contributed by atoms with van der Waals surface area (Å²) >= 11 is 0. The number of methoxy groups -OCH3 is 1. The molecule has 0 unspecified atom stereocenters. The van der Waals surface area contributed by atoms with Crippen LogP contribution < -0.4 is 5.73 Å². The third kappa shape index (κ3) is 3.08. The zero-order chi connectivity index (χ0) is 11.3. The molecule has 0 spiro atoms. The van der Waals surface area contributed by atoms with E-state index in [1.54, 1.807) is 24.3 Å². The van der Waals surface area contributed by atoms with Crippen molar-refractivity contribution in [3.63, 3.8) is 0 Å². The van der Waals surface area contributed by atoms with Gasteiger partial charge < -0.3 is 10.5 Å². The topological polar surface area (TPSA) is 76.1 Å². The fraction of sp³-hybridized carbons (Fsp3) is 0.273. The Hall–Kier alpha value is -1.86. The molecule has 0 aliphatic carbocycles. The maximum absolute atomic E-state index is 11.0. The van der Waals surface area contributed by atoms with Crippen molar-refractivity contribution in [2.45, 2.75) is 12.5 Å². The van der Waals surface area contributed by atoms with Crippen LogP contribution in [-0.2, 0) is 16.0 Å². The van der Waals surface area contributed by atoms with Gasteiger partial charge in [0.15, 0.2) is 0 Å². The Labute approximate surface area is 88.3 Å². The van der Waals surface area contributed by atoms with E-state index in [0.717, 1.165) is 5.56 Å². The summed E-state index contributed by atoms with van der Waals surface area (Å²) in [5.41, 5.74) is 7.09. The van der Waals surface area contributed by atoms with Crippen LogP contribution in [0.3, 0.4) is 0 Å². The molecule has 2 N–H and O–H groups in total. The molecule has 15 heavy (non-hydrogen) atoms. The lowest BCUT2D eigenvalue weighted by atomic mass is 10.1. The number of ether oxygens (including phenoxy) is 1. The summed E-state index contributed by atoms with van der Waals surface area (Å²) in [4.78, 5) is 11.0. The second kappa shape index (κ2) is 5.13. The normalized spacial score (nSPS) is 11.5. The largest absolute Gasteiger partial charge is 0.468 e. The maximum Gasteiger partial charge on any atom is 0.322 e. The van der Waals surface area contributed by atoms with Crippen molar-refractivity contribution in [2.24, 2.45) is 5.73 Å². The lowest BCUT2D eigenvalue weighted by molar-refractivity contribution is -0.142. The lowest BCUT2D eigenvalue weighted by Crippen LogP contribution is -2.33. The number of benzene rings is 1. The molecule has 0 saturated heterocycles. The van der Waals surface area contributed by atoms with E-state index < -0.39 is 12.0 Å². The predicted octanol–water partition coefficient (Wildman–Crippen LogP) is 0.601. The van der Waals surface area contributed by atoms with Crippen molar-refractivity contribution in [3.05, 3.63) is 35.4 Å². The van der Waals surface area contributed by atoms with Gasteiger partial charge in [0.05, 0.1) is 18.7 Å². The summed E-state index contributed by atoms with van der Waals surface area (Å²) in [6.07, 6.45) is 0.415. The number of nitriles is 1. The fourth-order valence-electron chi connectivity index (χ4n) is 1.20. The monoisotopic (exact) mass is 204 g/mol. The quantitative estimate of drug-likeness (QED) is 0.731. The molecule has 0 heterocycles. The summed E-state index contributed by atoms with van der Waals surface area (Å²) in [6.45, 7) is 0. The molecule has 0 radical (unpaired) electrons. The molecule has 0 fully saturated rings. The molecule has 0 aromatic heterocycles. The highest BCUT2D eigenvalue weighted by molar-refractivity contribution is 5.75. The van der Waals surface area contributed by atoms with Crippen molar-refractivity contribution in [2.75, 3.05) is 7.11 Å². The highest BCUT2D eigenvalue weighted by Gasteiger charge is 2.13. The van der Waals surface area contributed by atoms with Crippen LogP contribution in [0, 0.1) is 11.3 Å². The van der Waals surface area contributed by atoms with Crippen molar-refractivity contribution in [1.82, 2.24) is 0 Å². The molecule has 0 saturated carbocycles. The second-order valence-corrected chi connectivity index (χ2v) is 3.14. The molecule has 1 aromatic carbocycles. The van der Waals surface area contributed by atoms with Gasteiger partial charge in [0.25, 0.3) is 0 Å². The summed E-state index contributed by atoms with van der Waals surface area (Å²) in [5.74, 6) is -0.431. The summed E-state index contributed by atoms with van der Waals surface area (Å²) < 4.78 is 4.51. The average Bonchev–Trinajstić information content (AvgIpc) is 2.29. The van der Waals surface area contributed by atoms with Crippen molar-refractivity contribution in [1.29, 1.82) is 5.26 Å². The van der Waals surface area contributed by atoms with Gasteiger partial charge in [-0.1, -0.05) is 12.1 Å². The fourth-order valence-corrected chi connectivity index (χ4v) is 1.20. The zero-order valence-corrected chi connectivity index (χ0v) is 8.43. The Morgan fingerprint density at radius 1 is 1.53 bits per heavy atom. The van der Waals surface area contributed by atoms with E-state index in [1.165, 1.54) is 7.11 Å². The molecule has 1 rings (SSSR count). The van der Waals surface area contributed by atoms with Crippen molar-refractivity contribution >= 4 is 5.97 Å². The van der Waals surface area contributed by atoms with Gasteiger partial charge in [-0.3, -0.25) is 4.79 Å². The minimum Gasteiger partial charge on any atom is -0.468 e. The van der Waals surface area contributed by atoms with E-state index in [4.69, 9.17) is 11.0 Å². The smallest absolute Gasteiger partial charge is 0.322 e. The van der Waals surface area contributed by atoms with E-state index in [1.807, 2.05) is 6.07 Å². The van der Waals surface area contributed by atoms with Crippen LogP contribution >= 0.6 is 0 Å². The molecule has 1 atom stereocenters. The summed E-state index contributed by atoms with van der Waals surface area (Å²) in [5, 5.41) is 8.59. The van der Waals surface area contributed by atoms with Crippen LogP contribution in [0.15, 0.2) is 24.3 Å². The molecule has 0 bridgehead atoms. The first-order valence-corrected chi connectivity index (χ1v) is 4.50. The van der Waals surface area contributed by atoms with Gasteiger partial charge in [-0.05, 0) is 24.1 Å². The van der Waals surface area contributed by atoms with Gasteiger partial charge in [-0.2, -0.15) is 5.26 Å². The van der Waals surface area contributed by atoms with Gasteiger partial charge in [-0.25, -0.2) is 0 Å². The molecule has 0 amide bonds. The lowest BCUT2D eigenvalue weighted by Gasteiger charge is -2.08. The van der Waals surface area contributed by atoms with Gasteiger partial charge in [0, 0.05) is 0 Å². The molecule has 0 aliphatic heterocycles. The number of nitrogens with zero attached hydrogens (tertiary/aromatic N) is 1. The molecular formula is C11H12N2O2. The third-order valence-corrected chi connectivity index (χ3v) is 2.04. The van der Waals surface area contributed by atoms with Crippen LogP contribution in [0.4, 0.5) is 0 Å². The molecule has 1 aromatic rings. The van der Waals surface area contributed by atoms with E-state index in [2.05, 4.69) is 4.74 Å². The minimum atomic E-state index is -0.650. The number of esters is 1. The highest BCUT2D eigenvalue weighted by atomic mass is 16.5. The van der Waals surface area contributed by atoms with Crippen LogP contribution in [0.5, 0.6) is 0 Å². The Balaban J connectivity index is 2.66. The van der Waals surface area contributed by atoms with Gasteiger partial charge in [0.2, 0.25) is 0 Å². The Kier molecular flexibility index (Phi) is 3.83. The molecule has 4 nitrogen and oxygen atoms in total. The van der Waals surface area contributed by atoms with E-state index in [0.29, 0.717) is 12.0 Å². The van der Waals surface area contributed by atoms with E-state index in [-0.39, 0.29) is 0 Å². The molecule has 78 valence electrons. The van der Waals surface area contributed by atoms with Gasteiger partial charge in [0.1, 0.15) is 6.04 Å². The number of hydrogen-bond donors (Lipinski definition) is 1. The Morgan fingerprint density at radius 2 is 2.13 bits per heavy atom. The SMILES string of the molecule is COC(=O)[C@@H](N)Cc1ccc(C#N)cc1. The van der Waals surface area contributed by atoms with Gasteiger partial charge >= 0.3 is 5.97 Å². The predicted molar refractivity (Wildman–Crippen MR) is 54.9 cm³/mol. The Bertz CT molecular complexity index is 379. The first-order valence-electron chi connectivity index (χ1n) is 4.50. The van der Waals surface area contributed by atoms with Crippen molar-refractivity contribution < 1.29 is 9.53 Å². The second-order valence-electron chi connectivity index (χ2n) is 3.14. The number of nitrogens with two attached hydrogens (primary N) is 1. The zero-order valence-electron chi connectivity index (χ0n) is 8.43. The summed E-state index contributed by atoms with van der Waals surface area (Å²) in [6, 6.07) is 8.31.